The number of hydrogen-bond acceptors (Lipinski definition) is 2. The minimum Gasteiger partial charge on any atom is -0.378 e. The summed E-state index contributed by atoms with van der Waals surface area (Å²) in [6.45, 7) is 0.0766. The van der Waals surface area contributed by atoms with Crippen molar-refractivity contribution in [2.45, 2.75) is 6.61 Å². The normalized spacial score (nSPS) is 11.1. The summed E-state index contributed by atoms with van der Waals surface area (Å²) in [4.78, 5) is 3.78. The van der Waals surface area contributed by atoms with Crippen molar-refractivity contribution < 1.29 is 17.9 Å². The van der Waals surface area contributed by atoms with Gasteiger partial charge in [0.25, 0.3) is 0 Å². The molecule has 0 fully saturated rings. The third kappa shape index (κ3) is 2.08. The molecule has 0 aliphatic heterocycles. The summed E-state index contributed by atoms with van der Waals surface area (Å²) < 4.78 is 44.7. The Hall–Kier alpha value is -1.33. The van der Waals surface area contributed by atoms with E-state index in [9.17, 15) is 13.2 Å². The van der Waals surface area contributed by atoms with Gasteiger partial charge < -0.3 is 4.74 Å². The maximum atomic E-state index is 13.5. The Balaban J connectivity index is 2.81. The third-order valence-electron chi connectivity index (χ3n) is 2.23. The van der Waals surface area contributed by atoms with E-state index in [0.717, 1.165) is 0 Å². The van der Waals surface area contributed by atoms with Crippen molar-refractivity contribution in [2.75, 3.05) is 7.11 Å². The van der Waals surface area contributed by atoms with Crippen LogP contribution in [-0.2, 0) is 11.3 Å². The van der Waals surface area contributed by atoms with Gasteiger partial charge >= 0.3 is 0 Å². The van der Waals surface area contributed by atoms with Crippen LogP contribution in [0.2, 0.25) is 5.02 Å². The second-order valence-electron chi connectivity index (χ2n) is 3.41. The number of fused-ring (bicyclic) bond motifs is 1. The standard InChI is InChI=1S/C11H7ClF3NO/c1-17-4-5-2-6(12)9-7(13)3-8(14)10(15)11(9)16-5/h2-3H,4H2,1H3. The van der Waals surface area contributed by atoms with Crippen LogP contribution in [0.1, 0.15) is 5.69 Å². The molecule has 6 heteroatoms. The Bertz CT molecular complexity index is 589. The van der Waals surface area contributed by atoms with Gasteiger partial charge in [-0.05, 0) is 6.07 Å². The highest BCUT2D eigenvalue weighted by molar-refractivity contribution is 6.35. The predicted molar refractivity (Wildman–Crippen MR) is 57.3 cm³/mol. The molecule has 0 saturated carbocycles. The molecule has 0 spiro atoms. The lowest BCUT2D eigenvalue weighted by molar-refractivity contribution is 0.182. The molecule has 0 aliphatic rings. The van der Waals surface area contributed by atoms with Crippen molar-refractivity contribution in [1.82, 2.24) is 4.98 Å². The lowest BCUT2D eigenvalue weighted by Gasteiger charge is -2.07. The highest BCUT2D eigenvalue weighted by Gasteiger charge is 2.17. The highest BCUT2D eigenvalue weighted by atomic mass is 35.5. The Morgan fingerprint density at radius 3 is 2.59 bits per heavy atom. The smallest absolute Gasteiger partial charge is 0.185 e. The Labute approximate surface area is 100.0 Å². The molecule has 1 aromatic heterocycles. The van der Waals surface area contributed by atoms with Crippen molar-refractivity contribution in [3.63, 3.8) is 0 Å². The Kier molecular flexibility index (Phi) is 3.22. The quantitative estimate of drug-likeness (QED) is 0.773. The van der Waals surface area contributed by atoms with Crippen molar-refractivity contribution in [3.8, 4) is 0 Å². The van der Waals surface area contributed by atoms with E-state index in [4.69, 9.17) is 16.3 Å². The summed E-state index contributed by atoms with van der Waals surface area (Å²) in [6, 6.07) is 1.80. The topological polar surface area (TPSA) is 22.1 Å². The van der Waals surface area contributed by atoms with Crippen LogP contribution in [0.4, 0.5) is 13.2 Å². The number of hydrogen-bond donors (Lipinski definition) is 0. The molecule has 90 valence electrons. The molecular formula is C11H7ClF3NO. The molecule has 0 aliphatic carbocycles. The number of methoxy groups -OCH3 is 1. The first kappa shape index (κ1) is 12.1. The summed E-state index contributed by atoms with van der Waals surface area (Å²) >= 11 is 5.80. The van der Waals surface area contributed by atoms with Gasteiger partial charge in [0.1, 0.15) is 11.3 Å². The zero-order valence-corrected chi connectivity index (χ0v) is 9.49. The fourth-order valence-electron chi connectivity index (χ4n) is 1.53. The first-order valence-corrected chi connectivity index (χ1v) is 5.04. The average molecular weight is 262 g/mol. The second kappa shape index (κ2) is 4.50. The van der Waals surface area contributed by atoms with E-state index in [1.54, 1.807) is 0 Å². The SMILES string of the molecule is COCc1cc(Cl)c2c(F)cc(F)c(F)c2n1. The maximum Gasteiger partial charge on any atom is 0.185 e. The molecule has 17 heavy (non-hydrogen) atoms. The molecule has 0 bridgehead atoms. The summed E-state index contributed by atoms with van der Waals surface area (Å²) in [5.74, 6) is -3.46. The van der Waals surface area contributed by atoms with Crippen LogP contribution in [0.15, 0.2) is 12.1 Å². The molecule has 0 N–H and O–H groups in total. The van der Waals surface area contributed by atoms with Gasteiger partial charge in [-0.25, -0.2) is 18.2 Å². The fraction of sp³-hybridized carbons (Fsp3) is 0.182. The number of halogens is 4. The minimum absolute atomic E-state index is 0.0292. The van der Waals surface area contributed by atoms with Crippen LogP contribution in [0, 0.1) is 17.5 Å². The third-order valence-corrected chi connectivity index (χ3v) is 2.52. The van der Waals surface area contributed by atoms with Crippen LogP contribution in [0.25, 0.3) is 10.9 Å². The van der Waals surface area contributed by atoms with Crippen LogP contribution < -0.4 is 0 Å². The molecule has 0 atom stereocenters. The van der Waals surface area contributed by atoms with E-state index in [1.807, 2.05) is 0 Å². The van der Waals surface area contributed by atoms with Crippen molar-refractivity contribution >= 4 is 22.5 Å². The van der Waals surface area contributed by atoms with Gasteiger partial charge in [0.2, 0.25) is 0 Å². The van der Waals surface area contributed by atoms with E-state index in [1.165, 1.54) is 13.2 Å². The van der Waals surface area contributed by atoms with Crippen LogP contribution in [0.3, 0.4) is 0 Å². The van der Waals surface area contributed by atoms with E-state index in [0.29, 0.717) is 11.8 Å². The molecular weight excluding hydrogens is 255 g/mol. The summed E-state index contributed by atoms with van der Waals surface area (Å²) in [7, 11) is 1.42. The fourth-order valence-corrected chi connectivity index (χ4v) is 1.84. The lowest BCUT2D eigenvalue weighted by Crippen LogP contribution is -1.99. The molecule has 0 unspecified atom stereocenters. The Morgan fingerprint density at radius 1 is 1.24 bits per heavy atom. The van der Waals surface area contributed by atoms with Crippen molar-refractivity contribution in [2.24, 2.45) is 0 Å². The van der Waals surface area contributed by atoms with Crippen LogP contribution in [0.5, 0.6) is 0 Å². The van der Waals surface area contributed by atoms with E-state index in [2.05, 4.69) is 4.98 Å². The molecule has 0 amide bonds. The zero-order chi connectivity index (χ0) is 12.6. The number of aromatic nitrogens is 1. The minimum atomic E-state index is -1.30. The predicted octanol–water partition coefficient (Wildman–Crippen LogP) is 3.45. The molecule has 0 saturated heterocycles. The van der Waals surface area contributed by atoms with Gasteiger partial charge in [-0.3, -0.25) is 0 Å². The summed E-state index contributed by atoms with van der Waals surface area (Å²) in [5.41, 5.74) is -0.129. The van der Waals surface area contributed by atoms with Gasteiger partial charge in [-0.15, -0.1) is 0 Å². The number of rotatable bonds is 2. The molecule has 2 aromatic rings. The monoisotopic (exact) mass is 261 g/mol. The lowest BCUT2D eigenvalue weighted by atomic mass is 10.1. The van der Waals surface area contributed by atoms with Gasteiger partial charge in [-0.1, -0.05) is 11.6 Å². The van der Waals surface area contributed by atoms with E-state index in [-0.39, 0.29) is 17.0 Å². The second-order valence-corrected chi connectivity index (χ2v) is 3.81. The molecule has 2 nitrogen and oxygen atoms in total. The first-order chi connectivity index (χ1) is 8.04. The van der Waals surface area contributed by atoms with Gasteiger partial charge in [-0.2, -0.15) is 0 Å². The van der Waals surface area contributed by atoms with E-state index < -0.39 is 23.0 Å². The average Bonchev–Trinajstić information content (AvgIpc) is 2.25. The van der Waals surface area contributed by atoms with Crippen LogP contribution in [-0.4, -0.2) is 12.1 Å². The van der Waals surface area contributed by atoms with Gasteiger partial charge in [0, 0.05) is 13.2 Å². The van der Waals surface area contributed by atoms with Crippen molar-refractivity contribution in [3.05, 3.63) is 40.3 Å². The van der Waals surface area contributed by atoms with Gasteiger partial charge in [0.05, 0.1) is 22.7 Å². The number of ether oxygens (including phenoxy) is 1. The summed E-state index contributed by atoms with van der Waals surface area (Å²) in [6.07, 6.45) is 0. The molecule has 2 rings (SSSR count). The number of pyridine rings is 1. The van der Waals surface area contributed by atoms with E-state index >= 15 is 0 Å². The Morgan fingerprint density at radius 2 is 1.94 bits per heavy atom. The molecule has 1 aromatic carbocycles. The molecule has 1 heterocycles. The first-order valence-electron chi connectivity index (χ1n) is 4.66. The summed E-state index contributed by atoms with van der Waals surface area (Å²) in [5, 5.41) is -0.260. The largest absolute Gasteiger partial charge is 0.378 e. The maximum absolute atomic E-state index is 13.5. The highest BCUT2D eigenvalue weighted by Crippen LogP contribution is 2.29. The van der Waals surface area contributed by atoms with Crippen molar-refractivity contribution in [1.29, 1.82) is 0 Å². The number of nitrogens with zero attached hydrogens (tertiary/aromatic N) is 1. The number of benzene rings is 1. The zero-order valence-electron chi connectivity index (χ0n) is 8.73. The molecule has 0 radical (unpaired) electrons. The van der Waals surface area contributed by atoms with Crippen LogP contribution >= 0.6 is 11.6 Å². The van der Waals surface area contributed by atoms with Gasteiger partial charge in [0.15, 0.2) is 11.6 Å².